The number of benzene rings is 2. The molecule has 0 aliphatic heterocycles. The first kappa shape index (κ1) is 17.0. The van der Waals surface area contributed by atoms with Crippen LogP contribution in [0.15, 0.2) is 62.9 Å². The Morgan fingerprint density at radius 1 is 1.07 bits per heavy atom. The van der Waals surface area contributed by atoms with Crippen LogP contribution in [0.4, 0.5) is 0 Å². The number of para-hydroxylation sites is 3. The van der Waals surface area contributed by atoms with Crippen LogP contribution in [-0.4, -0.2) is 24.1 Å². The van der Waals surface area contributed by atoms with E-state index in [1.807, 2.05) is 59.9 Å². The van der Waals surface area contributed by atoms with Gasteiger partial charge in [0.15, 0.2) is 10.7 Å². The number of hydrogen-bond acceptors (Lipinski definition) is 6. The van der Waals surface area contributed by atoms with Crippen LogP contribution in [0.2, 0.25) is 0 Å². The molecule has 0 atom stereocenters. The third-order valence-corrected chi connectivity index (χ3v) is 5.50. The standard InChI is InChI=1S/C20H17N5O2S/c1-2-11-24-18(26)13-7-3-5-9-15(13)25-19(24)22-23-20(25)28-12-17-21-14-8-4-6-10-16(14)27-17/h3-10H,2,11-12H2,1H3. The Bertz CT molecular complexity index is 1330. The zero-order valence-corrected chi connectivity index (χ0v) is 16.0. The van der Waals surface area contributed by atoms with Crippen molar-refractivity contribution in [2.24, 2.45) is 0 Å². The number of thioether (sulfide) groups is 1. The summed E-state index contributed by atoms with van der Waals surface area (Å²) in [4.78, 5) is 17.4. The molecule has 2 aromatic carbocycles. The van der Waals surface area contributed by atoms with Crippen LogP contribution in [-0.2, 0) is 12.3 Å². The van der Waals surface area contributed by atoms with Crippen LogP contribution in [0, 0.1) is 0 Å². The molecule has 0 amide bonds. The van der Waals surface area contributed by atoms with E-state index in [4.69, 9.17) is 4.42 Å². The van der Waals surface area contributed by atoms with Gasteiger partial charge in [-0.2, -0.15) is 0 Å². The molecule has 3 heterocycles. The number of aryl methyl sites for hydroxylation is 1. The third kappa shape index (κ3) is 2.68. The van der Waals surface area contributed by atoms with Gasteiger partial charge in [0.05, 0.1) is 16.7 Å². The molecule has 0 saturated carbocycles. The number of oxazole rings is 1. The molecule has 0 saturated heterocycles. The van der Waals surface area contributed by atoms with E-state index in [1.165, 1.54) is 11.8 Å². The minimum Gasteiger partial charge on any atom is -0.440 e. The van der Waals surface area contributed by atoms with Gasteiger partial charge in [0.2, 0.25) is 11.7 Å². The molecule has 5 aromatic rings. The van der Waals surface area contributed by atoms with Crippen molar-refractivity contribution in [3.63, 3.8) is 0 Å². The lowest BCUT2D eigenvalue weighted by Crippen LogP contribution is -2.23. The zero-order chi connectivity index (χ0) is 19.1. The van der Waals surface area contributed by atoms with Gasteiger partial charge in [-0.1, -0.05) is 43.0 Å². The fourth-order valence-electron chi connectivity index (χ4n) is 3.36. The fourth-order valence-corrected chi connectivity index (χ4v) is 4.14. The monoisotopic (exact) mass is 391 g/mol. The molecule has 0 aliphatic carbocycles. The van der Waals surface area contributed by atoms with Gasteiger partial charge in [0.1, 0.15) is 5.52 Å². The van der Waals surface area contributed by atoms with Crippen molar-refractivity contribution in [2.75, 3.05) is 0 Å². The first-order valence-electron chi connectivity index (χ1n) is 9.10. The average molecular weight is 391 g/mol. The van der Waals surface area contributed by atoms with Gasteiger partial charge in [-0.3, -0.25) is 13.8 Å². The molecular formula is C20H17N5O2S. The Kier molecular flexibility index (Phi) is 4.12. The Balaban J connectivity index is 1.60. The Labute approximate surface area is 164 Å². The molecule has 0 fully saturated rings. The number of nitrogens with zero attached hydrogens (tertiary/aromatic N) is 5. The number of rotatable bonds is 5. The number of aromatic nitrogens is 5. The van der Waals surface area contributed by atoms with E-state index in [2.05, 4.69) is 15.2 Å². The van der Waals surface area contributed by atoms with E-state index in [9.17, 15) is 4.79 Å². The summed E-state index contributed by atoms with van der Waals surface area (Å²) in [5, 5.41) is 10.0. The molecule has 5 rings (SSSR count). The van der Waals surface area contributed by atoms with E-state index in [0.717, 1.165) is 23.0 Å². The van der Waals surface area contributed by atoms with Gasteiger partial charge < -0.3 is 4.42 Å². The van der Waals surface area contributed by atoms with Crippen molar-refractivity contribution in [3.05, 3.63) is 64.8 Å². The lowest BCUT2D eigenvalue weighted by Gasteiger charge is -2.10. The van der Waals surface area contributed by atoms with Crippen molar-refractivity contribution in [2.45, 2.75) is 30.8 Å². The SMILES string of the molecule is CCCn1c(=O)c2ccccc2n2c(SCc3nc4ccccc4o3)nnc12. The molecule has 3 aromatic heterocycles. The first-order valence-corrected chi connectivity index (χ1v) is 10.1. The summed E-state index contributed by atoms with van der Waals surface area (Å²) in [5.74, 6) is 1.72. The predicted molar refractivity (Wildman–Crippen MR) is 109 cm³/mol. The second-order valence-corrected chi connectivity index (χ2v) is 7.40. The van der Waals surface area contributed by atoms with Crippen LogP contribution in [0.5, 0.6) is 0 Å². The largest absolute Gasteiger partial charge is 0.440 e. The summed E-state index contributed by atoms with van der Waals surface area (Å²) in [5.41, 5.74) is 2.38. The Morgan fingerprint density at radius 3 is 2.75 bits per heavy atom. The molecule has 0 radical (unpaired) electrons. The highest BCUT2D eigenvalue weighted by atomic mass is 32.2. The number of hydrogen-bond donors (Lipinski definition) is 0. The molecule has 0 spiro atoms. The van der Waals surface area contributed by atoms with E-state index < -0.39 is 0 Å². The van der Waals surface area contributed by atoms with E-state index in [0.29, 0.717) is 34.5 Å². The Morgan fingerprint density at radius 2 is 1.89 bits per heavy atom. The molecule has 7 nitrogen and oxygen atoms in total. The van der Waals surface area contributed by atoms with Crippen molar-refractivity contribution >= 4 is 39.5 Å². The summed E-state index contributed by atoms with van der Waals surface area (Å²) in [6, 6.07) is 15.3. The second kappa shape index (κ2) is 6.79. The highest BCUT2D eigenvalue weighted by molar-refractivity contribution is 7.98. The molecule has 28 heavy (non-hydrogen) atoms. The van der Waals surface area contributed by atoms with E-state index in [-0.39, 0.29) is 5.56 Å². The van der Waals surface area contributed by atoms with Gasteiger partial charge in [-0.15, -0.1) is 10.2 Å². The summed E-state index contributed by atoms with van der Waals surface area (Å²) >= 11 is 1.49. The third-order valence-electron chi connectivity index (χ3n) is 4.59. The molecule has 0 unspecified atom stereocenters. The van der Waals surface area contributed by atoms with Gasteiger partial charge in [0, 0.05) is 6.54 Å². The molecule has 140 valence electrons. The smallest absolute Gasteiger partial charge is 0.262 e. The molecular weight excluding hydrogens is 374 g/mol. The van der Waals surface area contributed by atoms with Crippen LogP contribution >= 0.6 is 11.8 Å². The fraction of sp³-hybridized carbons (Fsp3) is 0.200. The zero-order valence-electron chi connectivity index (χ0n) is 15.2. The summed E-state index contributed by atoms with van der Waals surface area (Å²) in [7, 11) is 0. The molecule has 0 bridgehead atoms. The second-order valence-electron chi connectivity index (χ2n) is 6.46. The van der Waals surface area contributed by atoms with Crippen LogP contribution in [0.25, 0.3) is 27.8 Å². The normalized spacial score (nSPS) is 11.8. The maximum Gasteiger partial charge on any atom is 0.262 e. The molecule has 8 heteroatoms. The minimum atomic E-state index is -0.0344. The van der Waals surface area contributed by atoms with Gasteiger partial charge in [0.25, 0.3) is 5.56 Å². The number of fused-ring (bicyclic) bond motifs is 4. The highest BCUT2D eigenvalue weighted by Gasteiger charge is 2.17. The molecule has 0 N–H and O–H groups in total. The summed E-state index contributed by atoms with van der Waals surface area (Å²) in [6.45, 7) is 2.64. The average Bonchev–Trinajstić information content (AvgIpc) is 3.33. The maximum atomic E-state index is 12.9. The van der Waals surface area contributed by atoms with Crippen molar-refractivity contribution in [3.8, 4) is 0 Å². The van der Waals surface area contributed by atoms with Crippen LogP contribution < -0.4 is 5.56 Å². The van der Waals surface area contributed by atoms with Gasteiger partial charge in [-0.25, -0.2) is 4.98 Å². The Hall–Kier alpha value is -3.13. The topological polar surface area (TPSA) is 78.2 Å². The first-order chi connectivity index (χ1) is 13.8. The lowest BCUT2D eigenvalue weighted by atomic mass is 10.2. The molecule has 0 aliphatic rings. The van der Waals surface area contributed by atoms with Crippen LogP contribution in [0.3, 0.4) is 0 Å². The van der Waals surface area contributed by atoms with Gasteiger partial charge >= 0.3 is 0 Å². The lowest BCUT2D eigenvalue weighted by molar-refractivity contribution is 0.556. The van der Waals surface area contributed by atoms with Crippen LogP contribution in [0.1, 0.15) is 19.2 Å². The quantitative estimate of drug-likeness (QED) is 0.423. The van der Waals surface area contributed by atoms with Crippen molar-refractivity contribution in [1.29, 1.82) is 0 Å². The van der Waals surface area contributed by atoms with E-state index >= 15 is 0 Å². The highest BCUT2D eigenvalue weighted by Crippen LogP contribution is 2.26. The van der Waals surface area contributed by atoms with Crippen molar-refractivity contribution in [1.82, 2.24) is 24.1 Å². The minimum absolute atomic E-state index is 0.0344. The predicted octanol–water partition coefficient (Wildman–Crippen LogP) is 3.89. The maximum absolute atomic E-state index is 12.9. The van der Waals surface area contributed by atoms with Crippen molar-refractivity contribution < 1.29 is 4.42 Å². The van der Waals surface area contributed by atoms with Gasteiger partial charge in [-0.05, 0) is 30.7 Å². The summed E-state index contributed by atoms with van der Waals surface area (Å²) in [6.07, 6.45) is 0.839. The van der Waals surface area contributed by atoms with E-state index in [1.54, 1.807) is 4.57 Å². The summed E-state index contributed by atoms with van der Waals surface area (Å²) < 4.78 is 9.44.